The van der Waals surface area contributed by atoms with Crippen LogP contribution < -0.4 is 20.5 Å². The number of nitrogens with one attached hydrogen (secondary N) is 2. The minimum Gasteiger partial charge on any atom is -0.494 e. The van der Waals surface area contributed by atoms with Gasteiger partial charge in [-0.1, -0.05) is 46.7 Å². The average molecular weight is 465 g/mol. The van der Waals surface area contributed by atoms with Gasteiger partial charge in [-0.25, -0.2) is 10.4 Å². The summed E-state index contributed by atoms with van der Waals surface area (Å²) in [6.07, 6.45) is -0.301. The molecule has 3 heterocycles. The zero-order valence-corrected chi connectivity index (χ0v) is 19.1. The van der Waals surface area contributed by atoms with Crippen molar-refractivity contribution in [3.63, 3.8) is 0 Å². The summed E-state index contributed by atoms with van der Waals surface area (Å²) < 4.78 is 11.0. The molecule has 9 nitrogen and oxygen atoms in total. The van der Waals surface area contributed by atoms with Crippen LogP contribution in [0.5, 0.6) is 5.75 Å². The molecule has 2 aliphatic heterocycles. The Morgan fingerprint density at radius 1 is 1.18 bits per heavy atom. The normalized spacial score (nSPS) is 20.0. The Labute approximate surface area is 195 Å². The van der Waals surface area contributed by atoms with Crippen LogP contribution >= 0.6 is 11.8 Å². The highest BCUT2D eigenvalue weighted by molar-refractivity contribution is 8.13. The van der Waals surface area contributed by atoms with Crippen molar-refractivity contribution in [1.29, 1.82) is 0 Å². The van der Waals surface area contributed by atoms with E-state index < -0.39 is 0 Å². The van der Waals surface area contributed by atoms with Crippen LogP contribution in [0.25, 0.3) is 11.4 Å². The monoisotopic (exact) mass is 464 g/mol. The van der Waals surface area contributed by atoms with Crippen molar-refractivity contribution in [2.24, 2.45) is 10.9 Å². The highest BCUT2D eigenvalue weighted by Gasteiger charge is 2.42. The molecular weight excluding hydrogens is 440 g/mol. The lowest BCUT2D eigenvalue weighted by Gasteiger charge is -2.32. The summed E-state index contributed by atoms with van der Waals surface area (Å²) in [4.78, 5) is 24.3. The molecule has 0 bridgehead atoms. The van der Waals surface area contributed by atoms with Crippen LogP contribution in [0.1, 0.15) is 18.4 Å². The van der Waals surface area contributed by atoms with Crippen LogP contribution in [-0.4, -0.2) is 40.5 Å². The van der Waals surface area contributed by atoms with E-state index in [1.54, 1.807) is 4.90 Å². The van der Waals surface area contributed by atoms with Crippen molar-refractivity contribution in [3.05, 3.63) is 60.0 Å². The van der Waals surface area contributed by atoms with Crippen molar-refractivity contribution in [2.75, 3.05) is 18.1 Å². The summed E-state index contributed by atoms with van der Waals surface area (Å²) in [6.45, 7) is 5.08. The Bertz CT molecular complexity index is 1160. The van der Waals surface area contributed by atoms with Crippen LogP contribution in [0.2, 0.25) is 0 Å². The number of nitrogens with zero attached hydrogens (tertiary/aromatic N) is 4. The fourth-order valence-corrected chi connectivity index (χ4v) is 4.61. The number of hydrazine groups is 1. The summed E-state index contributed by atoms with van der Waals surface area (Å²) in [7, 11) is 0. The van der Waals surface area contributed by atoms with E-state index in [1.165, 1.54) is 17.3 Å². The van der Waals surface area contributed by atoms with Crippen LogP contribution in [0.15, 0.2) is 58.0 Å². The molecule has 2 N–H and O–H groups in total. The van der Waals surface area contributed by atoms with Gasteiger partial charge in [0.05, 0.1) is 24.0 Å². The molecule has 33 heavy (non-hydrogen) atoms. The Hall–Kier alpha value is -3.21. The van der Waals surface area contributed by atoms with Gasteiger partial charge in [-0.3, -0.25) is 15.1 Å². The van der Waals surface area contributed by atoms with E-state index in [0.717, 1.165) is 17.0 Å². The zero-order chi connectivity index (χ0) is 22.8. The van der Waals surface area contributed by atoms with Gasteiger partial charge >= 0.3 is 0 Å². The summed E-state index contributed by atoms with van der Waals surface area (Å²) in [5, 5.41) is 4.68. The lowest BCUT2D eigenvalue weighted by Crippen LogP contribution is -2.49. The van der Waals surface area contributed by atoms with E-state index >= 15 is 0 Å². The number of ether oxygens (including phenoxy) is 1. The van der Waals surface area contributed by atoms with Gasteiger partial charge in [0, 0.05) is 12.1 Å². The van der Waals surface area contributed by atoms with Crippen LogP contribution in [-0.2, 0) is 10.5 Å². The first-order valence-electron chi connectivity index (χ1n) is 10.8. The van der Waals surface area contributed by atoms with Gasteiger partial charge in [0.2, 0.25) is 17.6 Å². The Kier molecular flexibility index (Phi) is 6.12. The van der Waals surface area contributed by atoms with Crippen LogP contribution in [0.3, 0.4) is 0 Å². The van der Waals surface area contributed by atoms with Gasteiger partial charge in [0.25, 0.3) is 0 Å². The standard InChI is InChI=1S/C23H24N6O3S/c1-3-31-17-10-8-16(9-11-17)29-22(30)18-12-24-27-21(18)26-23(29)33-13-19-25-20(28-32-19)15-6-4-14(2)5-7-15/h4-11,18,21,24,27H,3,12-13H2,1-2H3. The fourth-order valence-electron chi connectivity index (χ4n) is 3.72. The van der Waals surface area contributed by atoms with Gasteiger partial charge in [-0.15, -0.1) is 0 Å². The largest absolute Gasteiger partial charge is 0.494 e. The number of hydrogen-bond donors (Lipinski definition) is 2. The number of amides is 1. The molecule has 0 spiro atoms. The predicted octanol–water partition coefficient (Wildman–Crippen LogP) is 3.13. The molecule has 1 amide bonds. The number of aryl methyl sites for hydroxylation is 1. The zero-order valence-electron chi connectivity index (χ0n) is 18.3. The highest BCUT2D eigenvalue weighted by Crippen LogP contribution is 2.31. The van der Waals surface area contributed by atoms with Crippen LogP contribution in [0.4, 0.5) is 5.69 Å². The number of anilines is 1. The number of aromatic nitrogens is 2. The van der Waals surface area contributed by atoms with Crippen molar-refractivity contribution >= 4 is 28.5 Å². The molecule has 2 unspecified atom stereocenters. The lowest BCUT2D eigenvalue weighted by atomic mass is 10.0. The topological polar surface area (TPSA) is 105 Å². The molecule has 0 saturated carbocycles. The Balaban J connectivity index is 1.36. The summed E-state index contributed by atoms with van der Waals surface area (Å²) in [5.41, 5.74) is 8.92. The third-order valence-corrected chi connectivity index (χ3v) is 6.38. The van der Waals surface area contributed by atoms with E-state index in [2.05, 4.69) is 21.0 Å². The van der Waals surface area contributed by atoms with Gasteiger partial charge in [-0.05, 0) is 38.1 Å². The third kappa shape index (κ3) is 4.50. The van der Waals surface area contributed by atoms with Crippen LogP contribution in [0, 0.1) is 12.8 Å². The summed E-state index contributed by atoms with van der Waals surface area (Å²) in [5.74, 6) is 1.88. The number of fused-ring (bicyclic) bond motifs is 1. The van der Waals surface area contributed by atoms with E-state index in [-0.39, 0.29) is 18.0 Å². The number of thioether (sulfide) groups is 1. The van der Waals surface area contributed by atoms with Crippen molar-refractivity contribution in [2.45, 2.75) is 25.8 Å². The molecule has 1 aromatic heterocycles. The lowest BCUT2D eigenvalue weighted by molar-refractivity contribution is -0.121. The number of amidine groups is 1. The summed E-state index contributed by atoms with van der Waals surface area (Å²) in [6, 6.07) is 15.4. The molecule has 2 aromatic carbocycles. The number of aliphatic imine (C=N–C) groups is 1. The molecule has 3 aromatic rings. The van der Waals surface area contributed by atoms with Gasteiger partial charge in [-0.2, -0.15) is 4.98 Å². The van der Waals surface area contributed by atoms with Gasteiger partial charge < -0.3 is 9.26 Å². The first kappa shape index (κ1) is 21.6. The molecule has 0 aliphatic carbocycles. The molecular formula is C23H24N6O3S. The molecule has 0 radical (unpaired) electrons. The number of carbonyl (C=O) groups is 1. The number of rotatable bonds is 6. The molecule has 2 aliphatic rings. The first-order chi connectivity index (χ1) is 16.1. The maximum Gasteiger partial charge on any atom is 0.241 e. The smallest absolute Gasteiger partial charge is 0.241 e. The summed E-state index contributed by atoms with van der Waals surface area (Å²) >= 11 is 1.39. The Morgan fingerprint density at radius 2 is 1.97 bits per heavy atom. The maximum absolute atomic E-state index is 13.3. The number of carbonyl (C=O) groups excluding carboxylic acids is 1. The second-order valence-corrected chi connectivity index (χ2v) is 8.70. The fraction of sp³-hybridized carbons (Fsp3) is 0.304. The van der Waals surface area contributed by atoms with Crippen molar-refractivity contribution in [1.82, 2.24) is 21.0 Å². The second kappa shape index (κ2) is 9.34. The molecule has 1 saturated heterocycles. The van der Waals surface area contributed by atoms with E-state index in [4.69, 9.17) is 14.3 Å². The molecule has 2 atom stereocenters. The maximum atomic E-state index is 13.3. The highest BCUT2D eigenvalue weighted by atomic mass is 32.2. The van der Waals surface area contributed by atoms with Crippen molar-refractivity contribution < 1.29 is 14.1 Å². The quantitative estimate of drug-likeness (QED) is 0.573. The first-order valence-corrected chi connectivity index (χ1v) is 11.8. The number of benzene rings is 2. The van der Waals surface area contributed by atoms with Gasteiger partial charge in [0.15, 0.2) is 5.17 Å². The molecule has 170 valence electrons. The minimum atomic E-state index is -0.301. The van der Waals surface area contributed by atoms with E-state index in [0.29, 0.717) is 35.8 Å². The van der Waals surface area contributed by atoms with E-state index in [1.807, 2.05) is 62.4 Å². The minimum absolute atomic E-state index is 0.00923. The molecule has 10 heteroatoms. The molecule has 5 rings (SSSR count). The molecule has 1 fully saturated rings. The SMILES string of the molecule is CCOc1ccc(N2C(=O)C3CNNC3N=C2SCc2nc(-c3ccc(C)cc3)no2)cc1. The second-order valence-electron chi connectivity index (χ2n) is 7.76. The van der Waals surface area contributed by atoms with E-state index in [9.17, 15) is 4.79 Å². The Morgan fingerprint density at radius 3 is 2.73 bits per heavy atom. The number of hydrogen-bond acceptors (Lipinski definition) is 9. The van der Waals surface area contributed by atoms with Crippen molar-refractivity contribution in [3.8, 4) is 17.1 Å². The van der Waals surface area contributed by atoms with Gasteiger partial charge in [0.1, 0.15) is 11.9 Å². The third-order valence-electron chi connectivity index (χ3n) is 5.44. The average Bonchev–Trinajstić information content (AvgIpc) is 3.49. The predicted molar refractivity (Wildman–Crippen MR) is 127 cm³/mol.